The van der Waals surface area contributed by atoms with Gasteiger partial charge in [-0.05, 0) is 49.6 Å². The van der Waals surface area contributed by atoms with Gasteiger partial charge >= 0.3 is 18.5 Å². The lowest BCUT2D eigenvalue weighted by molar-refractivity contribution is -0.385. The molecule has 220 valence electrons. The van der Waals surface area contributed by atoms with Crippen molar-refractivity contribution in [2.45, 2.75) is 31.3 Å². The number of carbonyl (C=O) groups is 2. The summed E-state index contributed by atoms with van der Waals surface area (Å²) >= 11 is 2.88. The van der Waals surface area contributed by atoms with E-state index < -0.39 is 27.7 Å². The fraction of sp³-hybridized carbons (Fsp3) is 0.385. The van der Waals surface area contributed by atoms with Gasteiger partial charge in [-0.3, -0.25) is 25.0 Å². The molecule has 1 atom stereocenters. The van der Waals surface area contributed by atoms with Crippen molar-refractivity contribution in [3.8, 4) is 6.07 Å². The molecule has 0 N–H and O–H groups in total. The fourth-order valence-corrected chi connectivity index (χ4v) is 4.05. The molecule has 0 aliphatic rings. The number of nitriles is 1. The van der Waals surface area contributed by atoms with Crippen LogP contribution in [0.4, 0.5) is 15.8 Å². The van der Waals surface area contributed by atoms with Gasteiger partial charge in [0, 0.05) is 41.3 Å². The summed E-state index contributed by atoms with van der Waals surface area (Å²) in [6.07, 6.45) is 3.66. The monoisotopic (exact) mass is 608 g/mol. The molecule has 0 heterocycles. The molecule has 2 aromatic rings. The molecule has 0 radical (unpaired) electrons. The van der Waals surface area contributed by atoms with Gasteiger partial charge in [-0.15, -0.1) is 0 Å². The summed E-state index contributed by atoms with van der Waals surface area (Å²) in [5, 5.41) is 30.3. The first kappa shape index (κ1) is 36.8. The maximum Gasteiger partial charge on any atom is 0.387 e. The summed E-state index contributed by atoms with van der Waals surface area (Å²) < 4.78 is 22.3. The first-order chi connectivity index (χ1) is 19.5. The minimum Gasteiger partial charge on any atom is -0.465 e. The molecular weight excluding hydrogens is 579 g/mol. The largest absolute Gasteiger partial charge is 0.465 e. The Hall–Kier alpha value is -4.21. The van der Waals surface area contributed by atoms with Crippen LogP contribution >= 0.6 is 23.5 Å². The number of thioether (sulfide) groups is 2. The van der Waals surface area contributed by atoms with Gasteiger partial charge in [-0.1, -0.05) is 0 Å². The number of hydrogen-bond donors (Lipinski definition) is 0. The van der Waals surface area contributed by atoms with Gasteiger partial charge in [0.15, 0.2) is 5.92 Å². The van der Waals surface area contributed by atoms with E-state index in [9.17, 15) is 34.2 Å². The van der Waals surface area contributed by atoms with Crippen molar-refractivity contribution in [2.75, 3.05) is 32.3 Å². The van der Waals surface area contributed by atoms with Crippen LogP contribution in [0.3, 0.4) is 0 Å². The molecule has 0 aromatic heterocycles. The number of benzene rings is 2. The van der Waals surface area contributed by atoms with E-state index in [1.165, 1.54) is 53.9 Å². The molecule has 0 aliphatic heterocycles. The van der Waals surface area contributed by atoms with Crippen LogP contribution in [0.1, 0.15) is 36.5 Å². The molecule has 0 spiro atoms. The van der Waals surface area contributed by atoms with Gasteiger partial charge in [0.25, 0.3) is 11.4 Å². The number of esters is 2. The molecule has 0 saturated carbocycles. The number of carbonyl (C=O) groups excluding carboxylic acids is 2. The average molecular weight is 609 g/mol. The Morgan fingerprint density at radius 2 is 1.51 bits per heavy atom. The van der Waals surface area contributed by atoms with Gasteiger partial charge in [0.1, 0.15) is 5.82 Å². The third-order valence-electron chi connectivity index (χ3n) is 4.65. The van der Waals surface area contributed by atoms with Gasteiger partial charge in [0.05, 0.1) is 29.1 Å². The van der Waals surface area contributed by atoms with Crippen molar-refractivity contribution in [1.29, 1.82) is 5.26 Å². The lowest BCUT2D eigenvalue weighted by atomic mass is 9.95. The summed E-state index contributed by atoms with van der Waals surface area (Å²) in [4.78, 5) is 44.9. The number of rotatable bonds is 11. The molecular formula is C26H29FN4O8S2. The Morgan fingerprint density at radius 1 is 1.00 bits per heavy atom. The van der Waals surface area contributed by atoms with Crippen molar-refractivity contribution >= 4 is 46.8 Å². The molecule has 0 aliphatic carbocycles. The van der Waals surface area contributed by atoms with Crippen LogP contribution in [0, 0.1) is 43.9 Å². The van der Waals surface area contributed by atoms with Gasteiger partial charge in [-0.25, -0.2) is 15.8 Å². The highest BCUT2D eigenvalue weighted by Gasteiger charge is 2.25. The van der Waals surface area contributed by atoms with E-state index >= 15 is 0 Å². The molecule has 2 rings (SSSR count). The zero-order chi connectivity index (χ0) is 31.4. The molecule has 0 saturated heterocycles. The Bertz CT molecular complexity index is 1280. The van der Waals surface area contributed by atoms with Crippen LogP contribution in [0.25, 0.3) is 4.85 Å². The third kappa shape index (κ3) is 13.6. The van der Waals surface area contributed by atoms with Crippen molar-refractivity contribution in [1.82, 2.24) is 0 Å². The minimum absolute atomic E-state index is 0.0571. The lowest BCUT2D eigenvalue weighted by Crippen LogP contribution is -2.16. The maximum absolute atomic E-state index is 13.0. The van der Waals surface area contributed by atoms with Crippen LogP contribution in [0.5, 0.6) is 0 Å². The predicted molar refractivity (Wildman–Crippen MR) is 154 cm³/mol. The average Bonchev–Trinajstić information content (AvgIpc) is 2.92. The van der Waals surface area contributed by atoms with Crippen LogP contribution in [0.2, 0.25) is 0 Å². The second kappa shape index (κ2) is 20.7. The second-order valence-corrected chi connectivity index (χ2v) is 9.21. The molecule has 0 amide bonds. The van der Waals surface area contributed by atoms with E-state index in [-0.39, 0.29) is 30.3 Å². The van der Waals surface area contributed by atoms with Gasteiger partial charge in [0.2, 0.25) is 0 Å². The second-order valence-electron chi connectivity index (χ2n) is 7.47. The van der Waals surface area contributed by atoms with E-state index in [2.05, 4.69) is 9.58 Å². The highest BCUT2D eigenvalue weighted by molar-refractivity contribution is 7.98. The smallest absolute Gasteiger partial charge is 0.387 e. The number of nitro groups is 2. The number of halogens is 1. The van der Waals surface area contributed by atoms with Crippen LogP contribution in [-0.2, 0) is 30.6 Å². The number of nitrogens with zero attached hydrogens (tertiary/aromatic N) is 4. The standard InChI is InChI=1S/C13H14N2O4S.C8H8FNO2S.C5H7NO2/c1-3-19-13(16)12(7-14)11-5-4-10(15(17)18)6-9(11)8-20-2;1-13-5-6-4-7(10(11)12)2-3-8(6)9;1-3-8-5(7)4-6-2/h4-6,12H,3,8H2,1-2H3;2-4H,5H2,1H3;3-4H2,1H3. The SMILES string of the molecule is CCOC(=O)C(C#N)c1ccc([N+](=O)[O-])cc1CSC.CSCc1cc([N+](=O)[O-])ccc1F.[C-]#[N+]CC(=O)OCC. The summed E-state index contributed by atoms with van der Waals surface area (Å²) in [5.74, 6) is -1.59. The number of nitro benzene ring substituents is 2. The lowest BCUT2D eigenvalue weighted by Gasteiger charge is -2.13. The maximum atomic E-state index is 13.0. The first-order valence-corrected chi connectivity index (χ1v) is 14.5. The van der Waals surface area contributed by atoms with Gasteiger partial charge < -0.3 is 14.3 Å². The summed E-state index contributed by atoms with van der Waals surface area (Å²) in [6, 6.07) is 9.61. The number of non-ortho nitro benzene ring substituents is 2. The van der Waals surface area contributed by atoms with Crippen molar-refractivity contribution < 1.29 is 33.3 Å². The highest BCUT2D eigenvalue weighted by atomic mass is 32.2. The van der Waals surface area contributed by atoms with Crippen LogP contribution < -0.4 is 0 Å². The molecule has 0 fully saturated rings. The Balaban J connectivity index is 0.000000652. The van der Waals surface area contributed by atoms with E-state index in [1.54, 1.807) is 13.8 Å². The van der Waals surface area contributed by atoms with Crippen molar-refractivity contribution in [3.05, 3.63) is 90.6 Å². The van der Waals surface area contributed by atoms with Crippen LogP contribution in [0.15, 0.2) is 36.4 Å². The number of hydrogen-bond acceptors (Lipinski definition) is 11. The van der Waals surface area contributed by atoms with E-state index in [4.69, 9.17) is 16.6 Å². The Kier molecular flexibility index (Phi) is 18.5. The predicted octanol–water partition coefficient (Wildman–Crippen LogP) is 5.69. The minimum atomic E-state index is -1.06. The normalized spacial score (nSPS) is 10.2. The summed E-state index contributed by atoms with van der Waals surface area (Å²) in [5.41, 5.74) is 1.32. The van der Waals surface area contributed by atoms with E-state index in [0.29, 0.717) is 34.8 Å². The van der Waals surface area contributed by atoms with E-state index in [0.717, 1.165) is 6.07 Å². The molecule has 0 bridgehead atoms. The third-order valence-corrected chi connectivity index (χ3v) is 5.85. The first-order valence-electron chi connectivity index (χ1n) is 11.7. The highest BCUT2D eigenvalue weighted by Crippen LogP contribution is 2.28. The fourth-order valence-electron chi connectivity index (χ4n) is 2.95. The molecule has 1 unspecified atom stereocenters. The molecule has 41 heavy (non-hydrogen) atoms. The molecule has 12 nitrogen and oxygen atoms in total. The van der Waals surface area contributed by atoms with Crippen molar-refractivity contribution in [2.24, 2.45) is 0 Å². The summed E-state index contributed by atoms with van der Waals surface area (Å²) in [7, 11) is 0. The summed E-state index contributed by atoms with van der Waals surface area (Å²) in [6.45, 7) is 9.98. The Labute approximate surface area is 245 Å². The Morgan fingerprint density at radius 3 is 1.98 bits per heavy atom. The molecule has 2 aromatic carbocycles. The topological polar surface area (TPSA) is 167 Å². The zero-order valence-corrected chi connectivity index (χ0v) is 24.5. The van der Waals surface area contributed by atoms with E-state index in [1.807, 2.05) is 18.6 Å². The quantitative estimate of drug-likeness (QED) is 0.133. The number of ether oxygens (including phenoxy) is 2. The van der Waals surface area contributed by atoms with Crippen LogP contribution in [-0.4, -0.2) is 54.1 Å². The molecule has 15 heteroatoms. The zero-order valence-electron chi connectivity index (χ0n) is 22.8. The van der Waals surface area contributed by atoms with Gasteiger partial charge in [-0.2, -0.15) is 28.8 Å². The van der Waals surface area contributed by atoms with Crippen molar-refractivity contribution in [3.63, 3.8) is 0 Å².